The molecule has 82 valence electrons. The Bertz CT molecular complexity index is 208. The fourth-order valence-electron chi connectivity index (χ4n) is 1.92. The molecule has 0 aromatic rings. The Morgan fingerprint density at radius 1 is 1.50 bits per heavy atom. The minimum absolute atomic E-state index is 0.141. The number of hydrogen-bond acceptors (Lipinski definition) is 3. The van der Waals surface area contributed by atoms with E-state index in [1.807, 2.05) is 13.8 Å². The molecule has 1 N–H and O–H groups in total. The summed E-state index contributed by atoms with van der Waals surface area (Å²) in [4.78, 5) is 13.2. The van der Waals surface area contributed by atoms with Gasteiger partial charge in [-0.3, -0.25) is 0 Å². The molecule has 3 unspecified atom stereocenters. The number of nitrogens with zero attached hydrogens (tertiary/aromatic N) is 1. The summed E-state index contributed by atoms with van der Waals surface area (Å²) in [6, 6.07) is 0.0187. The first-order valence-corrected chi connectivity index (χ1v) is 5.21. The van der Waals surface area contributed by atoms with Crippen LogP contribution in [0.15, 0.2) is 0 Å². The highest BCUT2D eigenvalue weighted by Crippen LogP contribution is 2.23. The van der Waals surface area contributed by atoms with Gasteiger partial charge in [-0.05, 0) is 33.6 Å². The number of piperidine rings is 1. The highest BCUT2D eigenvalue weighted by Gasteiger charge is 2.35. The molecule has 1 heterocycles. The lowest BCUT2D eigenvalue weighted by atomic mass is 9.95. The second kappa shape index (κ2) is 4.64. The van der Waals surface area contributed by atoms with Gasteiger partial charge >= 0.3 is 6.09 Å². The van der Waals surface area contributed by atoms with Crippen molar-refractivity contribution in [3.05, 3.63) is 0 Å². The maximum atomic E-state index is 11.6. The molecule has 1 amide bonds. The lowest BCUT2D eigenvalue weighted by Gasteiger charge is -2.40. The van der Waals surface area contributed by atoms with E-state index in [-0.39, 0.29) is 18.2 Å². The fraction of sp³-hybridized carbons (Fsp3) is 0.900. The first-order chi connectivity index (χ1) is 6.57. The van der Waals surface area contributed by atoms with Crippen molar-refractivity contribution in [2.24, 2.45) is 0 Å². The second-order valence-corrected chi connectivity index (χ2v) is 3.84. The Morgan fingerprint density at radius 3 is 2.71 bits per heavy atom. The summed E-state index contributed by atoms with van der Waals surface area (Å²) in [5.74, 6) is 0. The number of rotatable bonds is 1. The molecule has 0 aliphatic carbocycles. The normalized spacial score (nSPS) is 32.9. The van der Waals surface area contributed by atoms with Crippen LogP contribution in [0.1, 0.15) is 33.6 Å². The zero-order valence-corrected chi connectivity index (χ0v) is 9.06. The molecule has 14 heavy (non-hydrogen) atoms. The third-order valence-corrected chi connectivity index (χ3v) is 2.83. The molecule has 0 bridgehead atoms. The molecular formula is C10H19NO3. The molecule has 1 aliphatic rings. The predicted molar refractivity (Wildman–Crippen MR) is 53.0 cm³/mol. The van der Waals surface area contributed by atoms with Crippen molar-refractivity contribution in [3.8, 4) is 0 Å². The van der Waals surface area contributed by atoms with Gasteiger partial charge in [-0.1, -0.05) is 0 Å². The zero-order valence-electron chi connectivity index (χ0n) is 9.06. The molecule has 0 radical (unpaired) electrons. The number of carbonyl (C=O) groups is 1. The summed E-state index contributed by atoms with van der Waals surface area (Å²) in [6.07, 6.45) is 0.865. The van der Waals surface area contributed by atoms with Crippen molar-refractivity contribution in [3.63, 3.8) is 0 Å². The minimum Gasteiger partial charge on any atom is -0.450 e. The Kier molecular flexibility index (Phi) is 3.75. The summed E-state index contributed by atoms with van der Waals surface area (Å²) >= 11 is 0. The number of likely N-dealkylation sites (tertiary alicyclic amines) is 1. The molecule has 0 spiro atoms. The number of aliphatic hydroxyl groups excluding tert-OH is 1. The van der Waals surface area contributed by atoms with Gasteiger partial charge in [0.1, 0.15) is 0 Å². The van der Waals surface area contributed by atoms with Crippen molar-refractivity contribution >= 4 is 6.09 Å². The van der Waals surface area contributed by atoms with E-state index in [0.717, 1.165) is 12.8 Å². The van der Waals surface area contributed by atoms with Crippen LogP contribution in [0.2, 0.25) is 0 Å². The molecule has 1 rings (SSSR count). The molecule has 1 fully saturated rings. The zero-order chi connectivity index (χ0) is 10.7. The number of amides is 1. The van der Waals surface area contributed by atoms with Crippen LogP contribution in [0.4, 0.5) is 4.79 Å². The average molecular weight is 201 g/mol. The summed E-state index contributed by atoms with van der Waals surface area (Å²) in [5, 5.41) is 9.63. The number of ether oxygens (including phenoxy) is 1. The number of hydrogen-bond donors (Lipinski definition) is 1. The Morgan fingerprint density at radius 2 is 2.14 bits per heavy atom. The van der Waals surface area contributed by atoms with Crippen LogP contribution in [0.3, 0.4) is 0 Å². The SMILES string of the molecule is CCOC(=O)N1C(C)CCC(O)C1C. The van der Waals surface area contributed by atoms with E-state index >= 15 is 0 Å². The van der Waals surface area contributed by atoms with E-state index < -0.39 is 6.10 Å². The van der Waals surface area contributed by atoms with Crippen molar-refractivity contribution in [1.29, 1.82) is 0 Å². The molecule has 0 aromatic heterocycles. The monoisotopic (exact) mass is 201 g/mol. The molecule has 4 heteroatoms. The largest absolute Gasteiger partial charge is 0.450 e. The van der Waals surface area contributed by atoms with Crippen LogP contribution in [0.5, 0.6) is 0 Å². The van der Waals surface area contributed by atoms with Crippen molar-refractivity contribution in [2.45, 2.75) is 51.8 Å². The van der Waals surface area contributed by atoms with E-state index in [1.165, 1.54) is 0 Å². The molecule has 1 saturated heterocycles. The smallest absolute Gasteiger partial charge is 0.410 e. The first-order valence-electron chi connectivity index (χ1n) is 5.21. The average Bonchev–Trinajstić information content (AvgIpc) is 2.13. The maximum Gasteiger partial charge on any atom is 0.410 e. The van der Waals surface area contributed by atoms with Crippen molar-refractivity contribution in [1.82, 2.24) is 4.90 Å². The van der Waals surface area contributed by atoms with E-state index in [1.54, 1.807) is 11.8 Å². The number of carbonyl (C=O) groups excluding carboxylic acids is 1. The van der Waals surface area contributed by atoms with Crippen LogP contribution < -0.4 is 0 Å². The molecule has 3 atom stereocenters. The van der Waals surface area contributed by atoms with Crippen LogP contribution in [-0.4, -0.2) is 40.9 Å². The summed E-state index contributed by atoms with van der Waals surface area (Å²) in [7, 11) is 0. The van der Waals surface area contributed by atoms with Crippen LogP contribution in [0, 0.1) is 0 Å². The molecular weight excluding hydrogens is 182 g/mol. The Labute approximate surface area is 84.8 Å². The van der Waals surface area contributed by atoms with Crippen molar-refractivity contribution in [2.75, 3.05) is 6.61 Å². The maximum absolute atomic E-state index is 11.6. The Hall–Kier alpha value is -0.770. The molecule has 0 aromatic carbocycles. The van der Waals surface area contributed by atoms with Gasteiger partial charge in [0.2, 0.25) is 0 Å². The highest BCUT2D eigenvalue weighted by atomic mass is 16.6. The molecule has 0 saturated carbocycles. The minimum atomic E-state index is -0.421. The number of aliphatic hydroxyl groups is 1. The third-order valence-electron chi connectivity index (χ3n) is 2.83. The van der Waals surface area contributed by atoms with E-state index in [2.05, 4.69) is 0 Å². The van der Waals surface area contributed by atoms with Crippen LogP contribution in [-0.2, 0) is 4.74 Å². The molecule has 1 aliphatic heterocycles. The van der Waals surface area contributed by atoms with Gasteiger partial charge in [-0.2, -0.15) is 0 Å². The standard InChI is InChI=1S/C10H19NO3/c1-4-14-10(13)11-7(2)5-6-9(12)8(11)3/h7-9,12H,4-6H2,1-3H3. The van der Waals surface area contributed by atoms with Crippen LogP contribution >= 0.6 is 0 Å². The van der Waals surface area contributed by atoms with E-state index in [0.29, 0.717) is 6.61 Å². The van der Waals surface area contributed by atoms with Crippen LogP contribution in [0.25, 0.3) is 0 Å². The summed E-state index contributed by atoms with van der Waals surface area (Å²) in [5.41, 5.74) is 0. The van der Waals surface area contributed by atoms with E-state index in [4.69, 9.17) is 4.74 Å². The van der Waals surface area contributed by atoms with Gasteiger partial charge < -0.3 is 14.7 Å². The quantitative estimate of drug-likeness (QED) is 0.697. The lowest BCUT2D eigenvalue weighted by Crippen LogP contribution is -2.53. The highest BCUT2D eigenvalue weighted by molar-refractivity contribution is 5.68. The lowest BCUT2D eigenvalue weighted by molar-refractivity contribution is -0.00863. The second-order valence-electron chi connectivity index (χ2n) is 3.84. The van der Waals surface area contributed by atoms with Crippen molar-refractivity contribution < 1.29 is 14.6 Å². The topological polar surface area (TPSA) is 49.8 Å². The predicted octanol–water partition coefficient (Wildman–Crippen LogP) is 1.38. The van der Waals surface area contributed by atoms with Gasteiger partial charge in [-0.15, -0.1) is 0 Å². The van der Waals surface area contributed by atoms with E-state index in [9.17, 15) is 9.90 Å². The van der Waals surface area contributed by atoms with Gasteiger partial charge in [0.15, 0.2) is 0 Å². The van der Waals surface area contributed by atoms with Gasteiger partial charge in [0.05, 0.1) is 18.8 Å². The summed E-state index contributed by atoms with van der Waals surface area (Å²) < 4.78 is 4.95. The third kappa shape index (κ3) is 2.18. The summed E-state index contributed by atoms with van der Waals surface area (Å²) in [6.45, 7) is 6.01. The van der Waals surface area contributed by atoms with Gasteiger partial charge in [0.25, 0.3) is 0 Å². The first kappa shape index (κ1) is 11.3. The fourth-order valence-corrected chi connectivity index (χ4v) is 1.92. The molecule has 4 nitrogen and oxygen atoms in total. The van der Waals surface area contributed by atoms with Gasteiger partial charge in [0, 0.05) is 6.04 Å². The van der Waals surface area contributed by atoms with Gasteiger partial charge in [-0.25, -0.2) is 4.79 Å². The Balaban J connectivity index is 2.66.